The van der Waals surface area contributed by atoms with Gasteiger partial charge in [-0.05, 0) is 30.7 Å². The molecule has 0 aromatic carbocycles. The van der Waals surface area contributed by atoms with Crippen LogP contribution in [0.1, 0.15) is 19.0 Å². The van der Waals surface area contributed by atoms with Gasteiger partial charge in [-0.2, -0.15) is 0 Å². The maximum Gasteiger partial charge on any atom is 0.196 e. The molecule has 1 atom stereocenters. The van der Waals surface area contributed by atoms with Gasteiger partial charge in [-0.25, -0.2) is 9.97 Å². The van der Waals surface area contributed by atoms with Crippen LogP contribution in [-0.4, -0.2) is 39.1 Å². The van der Waals surface area contributed by atoms with Crippen molar-refractivity contribution in [3.05, 3.63) is 29.2 Å². The minimum atomic E-state index is 0.151. The molecule has 1 aliphatic rings. The number of aryl methyl sites for hydroxylation is 1. The fourth-order valence-electron chi connectivity index (χ4n) is 3.16. The van der Waals surface area contributed by atoms with Gasteiger partial charge in [-0.1, -0.05) is 18.5 Å². The molecule has 5 N–H and O–H groups in total. The van der Waals surface area contributed by atoms with Crippen LogP contribution in [0.2, 0.25) is 5.02 Å². The number of anilines is 2. The number of nitrogens with two attached hydrogens (primary N) is 2. The van der Waals surface area contributed by atoms with Gasteiger partial charge in [0.25, 0.3) is 0 Å². The van der Waals surface area contributed by atoms with Crippen molar-refractivity contribution < 1.29 is 0 Å². The number of halogens is 1. The number of aromatic amines is 1. The average molecular weight is 390 g/mol. The second-order valence-corrected chi connectivity index (χ2v) is 7.79. The number of H-pyrrole nitrogens is 1. The first-order valence-corrected chi connectivity index (χ1v) is 9.71. The Kier molecular flexibility index (Phi) is 4.64. The summed E-state index contributed by atoms with van der Waals surface area (Å²) in [6.07, 6.45) is 5.11. The maximum atomic E-state index is 6.61. The summed E-state index contributed by atoms with van der Waals surface area (Å²) < 4.78 is 0. The summed E-state index contributed by atoms with van der Waals surface area (Å²) in [6.45, 7) is 3.68. The van der Waals surface area contributed by atoms with Crippen molar-refractivity contribution in [1.29, 1.82) is 0 Å². The molecule has 1 fully saturated rings. The van der Waals surface area contributed by atoms with Gasteiger partial charge in [0.1, 0.15) is 11.5 Å². The van der Waals surface area contributed by atoms with Gasteiger partial charge in [0.2, 0.25) is 0 Å². The molecule has 0 radical (unpaired) electrons. The quantitative estimate of drug-likeness (QED) is 0.588. The number of nitrogens with one attached hydrogen (secondary N) is 1. The fraction of sp³-hybridized carbons (Fsp3) is 0.353. The number of hydrogen-bond donors (Lipinski definition) is 3. The second kappa shape index (κ2) is 6.94. The minimum absolute atomic E-state index is 0.151. The van der Waals surface area contributed by atoms with E-state index in [9.17, 15) is 0 Å². The van der Waals surface area contributed by atoms with E-state index >= 15 is 0 Å². The molecule has 4 rings (SSSR count). The number of hydrogen-bond acceptors (Lipinski definition) is 7. The van der Waals surface area contributed by atoms with Crippen LogP contribution in [0.5, 0.6) is 0 Å². The lowest BCUT2D eigenvalue weighted by Gasteiger charge is -2.18. The lowest BCUT2D eigenvalue weighted by molar-refractivity contribution is 0.751. The van der Waals surface area contributed by atoms with E-state index in [1.165, 1.54) is 11.8 Å². The third kappa shape index (κ3) is 3.20. The van der Waals surface area contributed by atoms with Crippen molar-refractivity contribution in [3.63, 3.8) is 0 Å². The molecule has 26 heavy (non-hydrogen) atoms. The van der Waals surface area contributed by atoms with Crippen LogP contribution < -0.4 is 16.4 Å². The van der Waals surface area contributed by atoms with Gasteiger partial charge >= 0.3 is 0 Å². The molecule has 3 aromatic heterocycles. The summed E-state index contributed by atoms with van der Waals surface area (Å²) in [4.78, 5) is 20.0. The predicted molar refractivity (Wildman–Crippen MR) is 106 cm³/mol. The Labute approximate surface area is 160 Å². The molecular weight excluding hydrogens is 370 g/mol. The molecular formula is C17H20ClN7S. The largest absolute Gasteiger partial charge is 0.397 e. The van der Waals surface area contributed by atoms with Gasteiger partial charge in [0.05, 0.1) is 16.1 Å². The molecule has 136 valence electrons. The van der Waals surface area contributed by atoms with Crippen molar-refractivity contribution in [2.45, 2.75) is 35.9 Å². The molecule has 0 spiro atoms. The van der Waals surface area contributed by atoms with Crippen LogP contribution in [0.3, 0.4) is 0 Å². The van der Waals surface area contributed by atoms with Gasteiger partial charge in [0, 0.05) is 42.1 Å². The normalized spacial score (nSPS) is 17.3. The van der Waals surface area contributed by atoms with E-state index in [4.69, 9.17) is 28.1 Å². The summed E-state index contributed by atoms with van der Waals surface area (Å²) in [5, 5.41) is 2.19. The number of pyridine rings is 1. The van der Waals surface area contributed by atoms with E-state index in [1.54, 1.807) is 12.4 Å². The summed E-state index contributed by atoms with van der Waals surface area (Å²) >= 11 is 8.04. The third-order valence-corrected chi connectivity index (χ3v) is 5.69. The molecule has 0 aliphatic carbocycles. The Hall–Kier alpha value is -2.03. The van der Waals surface area contributed by atoms with Gasteiger partial charge in [-0.15, -0.1) is 0 Å². The van der Waals surface area contributed by atoms with E-state index in [1.807, 2.05) is 6.07 Å². The third-order valence-electron chi connectivity index (χ3n) is 4.44. The Balaban J connectivity index is 1.81. The van der Waals surface area contributed by atoms with E-state index in [0.717, 1.165) is 53.4 Å². The first-order valence-electron chi connectivity index (χ1n) is 8.52. The molecule has 1 saturated heterocycles. The smallest absolute Gasteiger partial charge is 0.196 e. The topological polar surface area (TPSA) is 110 Å². The van der Waals surface area contributed by atoms with Crippen molar-refractivity contribution >= 4 is 45.9 Å². The number of aromatic nitrogens is 4. The molecule has 0 bridgehead atoms. The predicted octanol–water partition coefficient (Wildman–Crippen LogP) is 2.84. The molecule has 0 unspecified atom stereocenters. The fourth-order valence-corrected chi connectivity index (χ4v) is 4.31. The Morgan fingerprint density at radius 3 is 2.92 bits per heavy atom. The zero-order chi connectivity index (χ0) is 18.3. The number of nitrogen functional groups attached to an aromatic ring is 1. The molecule has 7 nitrogen and oxygen atoms in total. The molecule has 0 saturated carbocycles. The molecule has 4 heterocycles. The minimum Gasteiger partial charge on any atom is -0.397 e. The van der Waals surface area contributed by atoms with Crippen molar-refractivity contribution in [1.82, 2.24) is 19.9 Å². The van der Waals surface area contributed by atoms with Crippen LogP contribution in [0.25, 0.3) is 11.0 Å². The van der Waals surface area contributed by atoms with E-state index in [-0.39, 0.29) is 6.04 Å². The summed E-state index contributed by atoms with van der Waals surface area (Å²) in [5.74, 6) is 0.836. The van der Waals surface area contributed by atoms with E-state index < -0.39 is 0 Å². The number of fused-ring (bicyclic) bond motifs is 1. The molecule has 0 amide bonds. The molecule has 9 heteroatoms. The first-order chi connectivity index (χ1) is 12.5. The van der Waals surface area contributed by atoms with E-state index in [0.29, 0.717) is 15.9 Å². The van der Waals surface area contributed by atoms with Crippen molar-refractivity contribution in [2.24, 2.45) is 5.73 Å². The van der Waals surface area contributed by atoms with Crippen LogP contribution in [0.15, 0.2) is 28.5 Å². The van der Waals surface area contributed by atoms with Crippen LogP contribution in [0, 0.1) is 0 Å². The summed E-state index contributed by atoms with van der Waals surface area (Å²) in [5.41, 5.74) is 14.2. The van der Waals surface area contributed by atoms with Crippen LogP contribution >= 0.6 is 23.4 Å². The standard InChI is InChI=1S/C17H20ClN7S/c1-2-12-14(18)13-15(22-12)23-17(26-11-5-10(20)6-21-7-11)24-16(13)25-4-3-9(19)8-25/h5-7,9H,2-4,8,19-20H2,1H3,(H,22,23,24)/t9-/m1/s1. The van der Waals surface area contributed by atoms with Crippen molar-refractivity contribution in [3.8, 4) is 0 Å². The zero-order valence-electron chi connectivity index (χ0n) is 14.4. The first kappa shape index (κ1) is 17.4. The highest BCUT2D eigenvalue weighted by molar-refractivity contribution is 7.99. The number of rotatable bonds is 4. The Morgan fingerprint density at radius 2 is 2.23 bits per heavy atom. The lowest BCUT2D eigenvalue weighted by atomic mass is 10.3. The highest BCUT2D eigenvalue weighted by Crippen LogP contribution is 2.37. The Bertz CT molecular complexity index is 958. The second-order valence-electron chi connectivity index (χ2n) is 6.38. The van der Waals surface area contributed by atoms with Crippen LogP contribution in [0.4, 0.5) is 11.5 Å². The Morgan fingerprint density at radius 1 is 1.38 bits per heavy atom. The van der Waals surface area contributed by atoms with Gasteiger partial charge in [0.15, 0.2) is 5.16 Å². The maximum absolute atomic E-state index is 6.61. The lowest BCUT2D eigenvalue weighted by Crippen LogP contribution is -2.27. The van der Waals surface area contributed by atoms with Crippen molar-refractivity contribution in [2.75, 3.05) is 23.7 Å². The monoisotopic (exact) mass is 389 g/mol. The molecule has 1 aliphatic heterocycles. The summed E-state index contributed by atoms with van der Waals surface area (Å²) in [7, 11) is 0. The van der Waals surface area contributed by atoms with Crippen LogP contribution in [-0.2, 0) is 6.42 Å². The summed E-state index contributed by atoms with van der Waals surface area (Å²) in [6, 6.07) is 2.01. The highest BCUT2D eigenvalue weighted by Gasteiger charge is 2.26. The van der Waals surface area contributed by atoms with Gasteiger partial charge in [-0.3, -0.25) is 4.98 Å². The SMILES string of the molecule is CCc1[nH]c2nc(Sc3cncc(N)c3)nc(N3CC[C@@H](N)C3)c2c1Cl. The van der Waals surface area contributed by atoms with Gasteiger partial charge < -0.3 is 21.4 Å². The number of nitrogens with zero attached hydrogens (tertiary/aromatic N) is 4. The molecule has 3 aromatic rings. The average Bonchev–Trinajstić information content (AvgIpc) is 3.18. The zero-order valence-corrected chi connectivity index (χ0v) is 15.9. The highest BCUT2D eigenvalue weighted by atomic mass is 35.5. The van der Waals surface area contributed by atoms with E-state index in [2.05, 4.69) is 26.8 Å².